The molecule has 234 valence electrons. The summed E-state index contributed by atoms with van der Waals surface area (Å²) < 4.78 is 1.33. The number of tetrazole rings is 1. The molecule has 1 aromatic heterocycles. The summed E-state index contributed by atoms with van der Waals surface area (Å²) in [5.74, 6) is -2.25. The first-order chi connectivity index (χ1) is 22.1. The topological polar surface area (TPSA) is 171 Å². The minimum atomic E-state index is -1.18. The maximum atomic E-state index is 13.0. The highest BCUT2D eigenvalue weighted by molar-refractivity contribution is 6.40. The van der Waals surface area contributed by atoms with Crippen molar-refractivity contribution in [2.45, 2.75) is 19.0 Å². The molecule has 0 aliphatic carbocycles. The molecule has 1 heterocycles. The second-order valence-corrected chi connectivity index (χ2v) is 11.1. The quantitative estimate of drug-likeness (QED) is 0.111. The number of aromatic nitrogens is 4. The Balaban J connectivity index is 1.30. The number of carboxylic acids is 1. The lowest BCUT2D eigenvalue weighted by Gasteiger charge is -2.16. The summed E-state index contributed by atoms with van der Waals surface area (Å²) in [6.07, 6.45) is 0.0929. The minimum absolute atomic E-state index is 0.0384. The number of carbonyl (C=O) groups excluding carboxylic acids is 2. The molecule has 15 heteroatoms. The van der Waals surface area contributed by atoms with Gasteiger partial charge in [-0.05, 0) is 70.1 Å². The number of halogens is 3. The van der Waals surface area contributed by atoms with Crippen molar-refractivity contribution in [1.82, 2.24) is 25.5 Å². The van der Waals surface area contributed by atoms with Crippen molar-refractivity contribution in [3.8, 4) is 11.4 Å². The number of carbonyl (C=O) groups is 3. The van der Waals surface area contributed by atoms with Crippen LogP contribution < -0.4 is 16.0 Å². The summed E-state index contributed by atoms with van der Waals surface area (Å²) in [7, 11) is 0. The zero-order valence-corrected chi connectivity index (χ0v) is 25.9. The summed E-state index contributed by atoms with van der Waals surface area (Å²) in [6, 6.07) is 21.3. The van der Waals surface area contributed by atoms with Crippen molar-refractivity contribution in [3.63, 3.8) is 0 Å². The van der Waals surface area contributed by atoms with Crippen LogP contribution in [0.2, 0.25) is 15.1 Å². The van der Waals surface area contributed by atoms with E-state index >= 15 is 0 Å². The fourth-order valence-electron chi connectivity index (χ4n) is 4.50. The van der Waals surface area contributed by atoms with Crippen LogP contribution in [0.1, 0.15) is 31.8 Å². The molecule has 1 unspecified atom stereocenters. The Hall–Kier alpha value is -5.17. The number of phenols is 1. The lowest BCUT2D eigenvalue weighted by molar-refractivity contribution is -0.139. The van der Waals surface area contributed by atoms with Gasteiger partial charge in [-0.1, -0.05) is 76.3 Å². The van der Waals surface area contributed by atoms with Gasteiger partial charge in [0, 0.05) is 18.7 Å². The number of aliphatic carboxylic acids is 1. The van der Waals surface area contributed by atoms with Crippen LogP contribution in [0.5, 0.6) is 5.75 Å². The van der Waals surface area contributed by atoms with E-state index in [-0.39, 0.29) is 50.9 Å². The molecule has 5 rings (SSSR count). The first-order valence-corrected chi connectivity index (χ1v) is 14.7. The van der Waals surface area contributed by atoms with E-state index < -0.39 is 23.8 Å². The number of nitrogens with one attached hydrogen (secondary N) is 3. The van der Waals surface area contributed by atoms with Crippen LogP contribution in [0.25, 0.3) is 5.69 Å². The van der Waals surface area contributed by atoms with Gasteiger partial charge in [-0.15, -0.1) is 0 Å². The van der Waals surface area contributed by atoms with Gasteiger partial charge in [0.2, 0.25) is 5.95 Å². The number of anilines is 2. The number of benzene rings is 4. The average molecular weight is 681 g/mol. The molecule has 2 amide bonds. The second kappa shape index (κ2) is 14.3. The number of hydrogen-bond donors (Lipinski definition) is 5. The molecule has 0 spiro atoms. The van der Waals surface area contributed by atoms with E-state index in [4.69, 9.17) is 34.8 Å². The molecule has 5 N–H and O–H groups in total. The molecule has 0 saturated carbocycles. The van der Waals surface area contributed by atoms with Crippen molar-refractivity contribution in [2.24, 2.45) is 0 Å². The molecule has 0 bridgehead atoms. The zero-order valence-electron chi connectivity index (χ0n) is 23.6. The summed E-state index contributed by atoms with van der Waals surface area (Å²) in [5, 5.41) is 40.2. The third kappa shape index (κ3) is 7.54. The summed E-state index contributed by atoms with van der Waals surface area (Å²) in [6.45, 7) is 0.0624. The van der Waals surface area contributed by atoms with Crippen LogP contribution >= 0.6 is 34.8 Å². The number of phenolic OH excluding ortho intramolecular Hbond substituents is 1. The maximum absolute atomic E-state index is 13.0. The number of hydrogen-bond acceptors (Lipinski definition) is 8. The van der Waals surface area contributed by atoms with Crippen LogP contribution in [0.15, 0.2) is 84.9 Å². The molecule has 1 atom stereocenters. The van der Waals surface area contributed by atoms with E-state index in [2.05, 4.69) is 31.5 Å². The Morgan fingerprint density at radius 1 is 0.848 bits per heavy atom. The fraction of sp³-hybridized carbons (Fsp3) is 0.0968. The zero-order chi connectivity index (χ0) is 32.8. The van der Waals surface area contributed by atoms with Gasteiger partial charge in [-0.2, -0.15) is 4.68 Å². The third-order valence-electron chi connectivity index (χ3n) is 6.76. The molecule has 0 aliphatic rings. The highest BCUT2D eigenvalue weighted by atomic mass is 35.5. The van der Waals surface area contributed by atoms with E-state index in [1.807, 2.05) is 6.07 Å². The molecular formula is C31H24Cl3N7O5. The van der Waals surface area contributed by atoms with Gasteiger partial charge < -0.3 is 26.2 Å². The third-order valence-corrected chi connectivity index (χ3v) is 7.70. The Kier molecular flexibility index (Phi) is 10.0. The Bertz CT molecular complexity index is 1900. The highest BCUT2D eigenvalue weighted by Crippen LogP contribution is 2.28. The molecule has 4 aromatic carbocycles. The largest absolute Gasteiger partial charge is 0.508 e. The number of rotatable bonds is 11. The Morgan fingerprint density at radius 3 is 2.28 bits per heavy atom. The van der Waals surface area contributed by atoms with E-state index in [0.29, 0.717) is 16.9 Å². The highest BCUT2D eigenvalue weighted by Gasteiger charge is 2.23. The molecule has 46 heavy (non-hydrogen) atoms. The van der Waals surface area contributed by atoms with Crippen LogP contribution in [0.3, 0.4) is 0 Å². The first-order valence-electron chi connectivity index (χ1n) is 13.6. The SMILES string of the molecule is O=C(NC(Cc1ccccc1)C(=O)O)c1ccc(-n2nnnc2NCc2cc(O)ccc2NC(=O)c2c(Cl)cccc2Cl)cc1Cl. The molecule has 0 radical (unpaired) electrons. The van der Waals surface area contributed by atoms with E-state index in [1.165, 1.54) is 35.0 Å². The molecule has 12 nitrogen and oxygen atoms in total. The van der Waals surface area contributed by atoms with Gasteiger partial charge in [-0.3, -0.25) is 9.59 Å². The summed E-state index contributed by atoms with van der Waals surface area (Å²) in [4.78, 5) is 37.8. The molecule has 0 saturated heterocycles. The average Bonchev–Trinajstić information content (AvgIpc) is 3.50. The van der Waals surface area contributed by atoms with Gasteiger partial charge in [0.05, 0.1) is 31.9 Å². The lowest BCUT2D eigenvalue weighted by Crippen LogP contribution is -2.42. The maximum Gasteiger partial charge on any atom is 0.326 e. The van der Waals surface area contributed by atoms with Crippen molar-refractivity contribution >= 4 is 64.2 Å². The molecular weight excluding hydrogens is 657 g/mol. The van der Waals surface area contributed by atoms with E-state index in [1.54, 1.807) is 48.5 Å². The number of aromatic hydroxyl groups is 1. The van der Waals surface area contributed by atoms with Gasteiger partial charge >= 0.3 is 5.97 Å². The normalized spacial score (nSPS) is 11.5. The van der Waals surface area contributed by atoms with E-state index in [9.17, 15) is 24.6 Å². The predicted molar refractivity (Wildman–Crippen MR) is 173 cm³/mol. The number of amides is 2. The molecule has 0 aliphatic heterocycles. The smallest absolute Gasteiger partial charge is 0.326 e. The van der Waals surface area contributed by atoms with Crippen LogP contribution in [0.4, 0.5) is 11.6 Å². The van der Waals surface area contributed by atoms with E-state index in [0.717, 1.165) is 5.56 Å². The van der Waals surface area contributed by atoms with Crippen molar-refractivity contribution < 1.29 is 24.6 Å². The lowest BCUT2D eigenvalue weighted by atomic mass is 10.1. The monoisotopic (exact) mass is 679 g/mol. The van der Waals surface area contributed by atoms with Crippen molar-refractivity contribution in [2.75, 3.05) is 10.6 Å². The predicted octanol–water partition coefficient (Wildman–Crippen LogP) is 5.62. The minimum Gasteiger partial charge on any atom is -0.508 e. The Morgan fingerprint density at radius 2 is 1.59 bits per heavy atom. The van der Waals surface area contributed by atoms with Gasteiger partial charge in [0.25, 0.3) is 11.8 Å². The number of nitrogens with zero attached hydrogens (tertiary/aromatic N) is 4. The summed E-state index contributed by atoms with van der Waals surface area (Å²) >= 11 is 18.8. The van der Waals surface area contributed by atoms with Crippen LogP contribution in [-0.4, -0.2) is 54.2 Å². The fourth-order valence-corrected chi connectivity index (χ4v) is 5.33. The second-order valence-electron chi connectivity index (χ2n) is 9.88. The van der Waals surface area contributed by atoms with Crippen LogP contribution in [0, 0.1) is 0 Å². The van der Waals surface area contributed by atoms with Gasteiger partial charge in [-0.25, -0.2) is 4.79 Å². The van der Waals surface area contributed by atoms with Crippen molar-refractivity contribution in [3.05, 3.63) is 122 Å². The van der Waals surface area contributed by atoms with Crippen LogP contribution in [-0.2, 0) is 17.8 Å². The van der Waals surface area contributed by atoms with Gasteiger partial charge in [0.15, 0.2) is 0 Å². The standard InChI is InChI=1S/C31H24Cl3N7O5/c32-22-7-4-8-23(33)27(22)29(44)36-25-12-10-20(42)14-18(25)16-35-31-38-39-40-41(31)19-9-11-21(24(34)15-19)28(43)37-26(30(45)46)13-17-5-2-1-3-6-17/h1-12,14-15,26,42H,13,16H2,(H,36,44)(H,37,43)(H,45,46)(H,35,38,40). The first kappa shape index (κ1) is 32.2. The number of carboxylic acid groups (broad SMARTS) is 1. The van der Waals surface area contributed by atoms with Crippen molar-refractivity contribution in [1.29, 1.82) is 0 Å². The Labute approximate surface area is 276 Å². The molecule has 5 aromatic rings. The molecule has 0 fully saturated rings. The summed E-state index contributed by atoms with van der Waals surface area (Å²) in [5.41, 5.74) is 2.17. The van der Waals surface area contributed by atoms with Gasteiger partial charge in [0.1, 0.15) is 11.8 Å².